The van der Waals surface area contributed by atoms with Gasteiger partial charge in [0.25, 0.3) is 0 Å². The molecule has 1 aliphatic rings. The number of nitrogens with zero attached hydrogens (tertiary/aromatic N) is 3. The largest absolute Gasteiger partial charge is 0.320 e. The predicted molar refractivity (Wildman–Crippen MR) is 60.4 cm³/mol. The summed E-state index contributed by atoms with van der Waals surface area (Å²) in [6, 6.07) is 5.82. The molecular weight excluding hydrogens is 233 g/mol. The maximum atomic E-state index is 13.9. The molecule has 5 heteroatoms. The fourth-order valence-corrected chi connectivity index (χ4v) is 2.27. The Morgan fingerprint density at radius 3 is 3.06 bits per heavy atom. The van der Waals surface area contributed by atoms with Crippen molar-refractivity contribution in [1.29, 1.82) is 5.26 Å². The molecule has 0 spiro atoms. The Labute approximate surface area is 102 Å². The Hall–Kier alpha value is -2.48. The minimum atomic E-state index is -0.464. The van der Waals surface area contributed by atoms with Crippen LogP contribution in [-0.4, -0.2) is 15.3 Å². The second-order valence-electron chi connectivity index (χ2n) is 4.18. The average Bonchev–Trinajstić information content (AvgIpc) is 2.94. The van der Waals surface area contributed by atoms with Crippen LogP contribution in [0.1, 0.15) is 34.1 Å². The number of hydrogen-bond donors (Lipinski definition) is 0. The van der Waals surface area contributed by atoms with Crippen molar-refractivity contribution in [2.75, 3.05) is 0 Å². The molecule has 0 N–H and O–H groups in total. The number of fused-ring (bicyclic) bond motifs is 1. The first kappa shape index (κ1) is 10.7. The van der Waals surface area contributed by atoms with Crippen LogP contribution in [0.3, 0.4) is 0 Å². The molecule has 0 saturated heterocycles. The highest BCUT2D eigenvalue weighted by molar-refractivity contribution is 5.97. The first-order chi connectivity index (χ1) is 8.70. The van der Waals surface area contributed by atoms with Crippen molar-refractivity contribution in [3.63, 3.8) is 0 Å². The van der Waals surface area contributed by atoms with Gasteiger partial charge in [0.15, 0.2) is 5.78 Å². The molecule has 88 valence electrons. The number of carbonyl (C=O) groups excluding carboxylic acids is 1. The third-order valence-electron chi connectivity index (χ3n) is 3.15. The highest BCUT2D eigenvalue weighted by atomic mass is 19.1. The number of halogens is 1. The summed E-state index contributed by atoms with van der Waals surface area (Å²) < 4.78 is 15.6. The molecule has 3 rings (SSSR count). The highest BCUT2D eigenvalue weighted by Gasteiger charge is 2.31. The molecule has 1 aliphatic heterocycles. The molecular formula is C13H8FN3O. The number of nitriles is 1. The molecule has 0 radical (unpaired) electrons. The van der Waals surface area contributed by atoms with Gasteiger partial charge in [-0.15, -0.1) is 0 Å². The molecule has 2 heterocycles. The van der Waals surface area contributed by atoms with Gasteiger partial charge in [0, 0.05) is 12.0 Å². The van der Waals surface area contributed by atoms with Gasteiger partial charge in [-0.1, -0.05) is 6.07 Å². The number of benzene rings is 1. The van der Waals surface area contributed by atoms with Crippen LogP contribution < -0.4 is 0 Å². The van der Waals surface area contributed by atoms with E-state index in [0.717, 1.165) is 0 Å². The van der Waals surface area contributed by atoms with E-state index in [1.54, 1.807) is 16.7 Å². The monoisotopic (exact) mass is 241 g/mol. The molecule has 4 nitrogen and oxygen atoms in total. The maximum absolute atomic E-state index is 13.9. The number of hydrogen-bond acceptors (Lipinski definition) is 3. The minimum Gasteiger partial charge on any atom is -0.320 e. The normalized spacial score (nSPS) is 17.6. The van der Waals surface area contributed by atoms with E-state index in [0.29, 0.717) is 11.3 Å². The molecule has 0 amide bonds. The SMILES string of the molecule is N#Cc1ccc(C2CC(=O)c3cncn32)c(F)c1. The van der Waals surface area contributed by atoms with Crippen LogP contribution in [0.25, 0.3) is 0 Å². The summed E-state index contributed by atoms with van der Waals surface area (Å²) in [5.41, 5.74) is 1.19. The van der Waals surface area contributed by atoms with Gasteiger partial charge in [-0.05, 0) is 12.1 Å². The lowest BCUT2D eigenvalue weighted by atomic mass is 10.0. The van der Waals surface area contributed by atoms with Gasteiger partial charge in [0.1, 0.15) is 11.5 Å². The van der Waals surface area contributed by atoms with Gasteiger partial charge in [-0.2, -0.15) is 5.26 Å². The molecule has 2 aromatic rings. The van der Waals surface area contributed by atoms with Crippen molar-refractivity contribution in [1.82, 2.24) is 9.55 Å². The number of aromatic nitrogens is 2. The molecule has 0 fully saturated rings. The predicted octanol–water partition coefficient (Wildman–Crippen LogP) is 2.07. The van der Waals surface area contributed by atoms with Crippen LogP contribution >= 0.6 is 0 Å². The van der Waals surface area contributed by atoms with Gasteiger partial charge >= 0.3 is 0 Å². The van der Waals surface area contributed by atoms with Crippen LogP contribution in [0.15, 0.2) is 30.7 Å². The van der Waals surface area contributed by atoms with Gasteiger partial charge in [0.05, 0.1) is 30.2 Å². The molecule has 0 saturated carbocycles. The van der Waals surface area contributed by atoms with Crippen LogP contribution in [0.2, 0.25) is 0 Å². The van der Waals surface area contributed by atoms with Crippen molar-refractivity contribution in [2.45, 2.75) is 12.5 Å². The van der Waals surface area contributed by atoms with Gasteiger partial charge in [-0.3, -0.25) is 4.79 Å². The van der Waals surface area contributed by atoms with E-state index in [-0.39, 0.29) is 23.8 Å². The van der Waals surface area contributed by atoms with E-state index < -0.39 is 5.82 Å². The summed E-state index contributed by atoms with van der Waals surface area (Å²) in [6.07, 6.45) is 3.26. The van der Waals surface area contributed by atoms with Crippen molar-refractivity contribution in [3.8, 4) is 6.07 Å². The topological polar surface area (TPSA) is 58.7 Å². The highest BCUT2D eigenvalue weighted by Crippen LogP contribution is 2.32. The Balaban J connectivity index is 2.09. The lowest BCUT2D eigenvalue weighted by Crippen LogP contribution is -2.07. The molecule has 18 heavy (non-hydrogen) atoms. The third-order valence-corrected chi connectivity index (χ3v) is 3.15. The zero-order valence-electron chi connectivity index (χ0n) is 9.30. The van der Waals surface area contributed by atoms with Crippen molar-refractivity contribution >= 4 is 5.78 Å². The lowest BCUT2D eigenvalue weighted by molar-refractivity contribution is 0.0991. The molecule has 0 aliphatic carbocycles. The fraction of sp³-hybridized carbons (Fsp3) is 0.154. The molecule has 0 bridgehead atoms. The van der Waals surface area contributed by atoms with Crippen LogP contribution in [0.5, 0.6) is 0 Å². The summed E-state index contributed by atoms with van der Waals surface area (Å²) in [7, 11) is 0. The van der Waals surface area contributed by atoms with Crippen molar-refractivity contribution in [3.05, 3.63) is 53.4 Å². The lowest BCUT2D eigenvalue weighted by Gasteiger charge is -2.13. The smallest absolute Gasteiger partial charge is 0.183 e. The van der Waals surface area contributed by atoms with E-state index in [2.05, 4.69) is 4.98 Å². The van der Waals surface area contributed by atoms with Crippen LogP contribution in [0.4, 0.5) is 4.39 Å². The van der Waals surface area contributed by atoms with Gasteiger partial charge < -0.3 is 4.57 Å². The Morgan fingerprint density at radius 1 is 1.50 bits per heavy atom. The second-order valence-corrected chi connectivity index (χ2v) is 4.18. The van der Waals surface area contributed by atoms with Gasteiger partial charge in [0.2, 0.25) is 0 Å². The minimum absolute atomic E-state index is 0.0405. The number of Topliss-reactive ketones (excluding diaryl/α,β-unsaturated/α-hetero) is 1. The number of imidazole rings is 1. The molecule has 1 aromatic heterocycles. The van der Waals surface area contributed by atoms with E-state index >= 15 is 0 Å². The average molecular weight is 241 g/mol. The Bertz CT molecular complexity index is 684. The number of carbonyl (C=O) groups is 1. The van der Waals surface area contributed by atoms with Crippen LogP contribution in [0, 0.1) is 17.1 Å². The van der Waals surface area contributed by atoms with E-state index in [4.69, 9.17) is 5.26 Å². The summed E-state index contributed by atoms with van der Waals surface area (Å²) in [4.78, 5) is 15.6. The summed E-state index contributed by atoms with van der Waals surface area (Å²) in [5, 5.41) is 8.70. The second kappa shape index (κ2) is 3.77. The van der Waals surface area contributed by atoms with Crippen molar-refractivity contribution < 1.29 is 9.18 Å². The number of ketones is 1. The van der Waals surface area contributed by atoms with Crippen LogP contribution in [-0.2, 0) is 0 Å². The van der Waals surface area contributed by atoms with E-state index in [1.807, 2.05) is 6.07 Å². The van der Waals surface area contributed by atoms with E-state index in [1.165, 1.54) is 18.6 Å². The quantitative estimate of drug-likeness (QED) is 0.767. The summed E-state index contributed by atoms with van der Waals surface area (Å²) >= 11 is 0. The maximum Gasteiger partial charge on any atom is 0.183 e. The zero-order valence-corrected chi connectivity index (χ0v) is 9.30. The summed E-state index contributed by atoms with van der Waals surface area (Å²) in [5.74, 6) is -0.505. The molecule has 1 unspecified atom stereocenters. The zero-order chi connectivity index (χ0) is 12.7. The molecule has 1 atom stereocenters. The Kier molecular flexibility index (Phi) is 2.23. The standard InChI is InChI=1S/C13H8FN3O/c14-10-3-8(5-15)1-2-9(10)11-4-13(18)12-6-16-7-17(11)12/h1-3,6-7,11H,4H2. The third kappa shape index (κ3) is 1.43. The summed E-state index contributed by atoms with van der Waals surface area (Å²) in [6.45, 7) is 0. The Morgan fingerprint density at radius 2 is 2.33 bits per heavy atom. The number of rotatable bonds is 1. The first-order valence-corrected chi connectivity index (χ1v) is 5.45. The molecule has 1 aromatic carbocycles. The van der Waals surface area contributed by atoms with Crippen molar-refractivity contribution in [2.24, 2.45) is 0 Å². The first-order valence-electron chi connectivity index (χ1n) is 5.45. The van der Waals surface area contributed by atoms with Gasteiger partial charge in [-0.25, -0.2) is 9.37 Å². The fourth-order valence-electron chi connectivity index (χ4n) is 2.27. The van der Waals surface area contributed by atoms with E-state index in [9.17, 15) is 9.18 Å².